The van der Waals surface area contributed by atoms with Crippen LogP contribution in [0.3, 0.4) is 0 Å². The smallest absolute Gasteiger partial charge is 0.240 e. The molecule has 1 aromatic carbocycles. The first kappa shape index (κ1) is 18.1. The number of anilines is 1. The zero-order valence-corrected chi connectivity index (χ0v) is 14.6. The van der Waals surface area contributed by atoms with Crippen LogP contribution in [-0.4, -0.2) is 58.1 Å². The lowest BCUT2D eigenvalue weighted by Gasteiger charge is -2.18. The fourth-order valence-electron chi connectivity index (χ4n) is 2.40. The van der Waals surface area contributed by atoms with E-state index in [0.29, 0.717) is 36.6 Å². The lowest BCUT2D eigenvalue weighted by molar-refractivity contribution is -0.134. The van der Waals surface area contributed by atoms with Crippen molar-refractivity contribution in [3.05, 3.63) is 18.2 Å². The van der Waals surface area contributed by atoms with Crippen molar-refractivity contribution in [3.63, 3.8) is 0 Å². The van der Waals surface area contributed by atoms with E-state index in [1.807, 2.05) is 19.0 Å². The number of hydrogen-bond acceptors (Lipinski definition) is 5. The van der Waals surface area contributed by atoms with E-state index in [1.165, 1.54) is 7.11 Å². The molecule has 0 spiro atoms. The summed E-state index contributed by atoms with van der Waals surface area (Å²) in [4.78, 5) is 27.0. The van der Waals surface area contributed by atoms with Gasteiger partial charge in [0.1, 0.15) is 16.9 Å². The molecular formula is C17H25N3O4. The second-order valence-corrected chi connectivity index (χ2v) is 6.16. The van der Waals surface area contributed by atoms with Crippen LogP contribution in [0.5, 0.6) is 11.5 Å². The molecule has 0 heterocycles. The van der Waals surface area contributed by atoms with Crippen LogP contribution in [0, 0.1) is 5.41 Å². The van der Waals surface area contributed by atoms with E-state index < -0.39 is 5.41 Å². The maximum absolute atomic E-state index is 12.6. The molecule has 2 amide bonds. The molecule has 2 rings (SSSR count). The number of hydrogen-bond donors (Lipinski definition) is 2. The number of ether oxygens (including phenoxy) is 2. The molecule has 1 aliphatic carbocycles. The molecule has 0 aliphatic heterocycles. The Labute approximate surface area is 142 Å². The maximum Gasteiger partial charge on any atom is 0.240 e. The Morgan fingerprint density at radius 2 is 1.88 bits per heavy atom. The minimum atomic E-state index is -0.972. The zero-order valence-electron chi connectivity index (χ0n) is 14.6. The van der Waals surface area contributed by atoms with Gasteiger partial charge in [0.15, 0.2) is 0 Å². The molecule has 2 N–H and O–H groups in total. The summed E-state index contributed by atoms with van der Waals surface area (Å²) in [5, 5.41) is 5.64. The number of carbonyl (C=O) groups is 2. The Morgan fingerprint density at radius 1 is 1.17 bits per heavy atom. The minimum Gasteiger partial charge on any atom is -0.497 e. The highest BCUT2D eigenvalue weighted by Gasteiger charge is 2.56. The predicted molar refractivity (Wildman–Crippen MR) is 91.4 cm³/mol. The van der Waals surface area contributed by atoms with Gasteiger partial charge >= 0.3 is 0 Å². The van der Waals surface area contributed by atoms with Crippen molar-refractivity contribution >= 4 is 17.5 Å². The molecule has 1 saturated carbocycles. The van der Waals surface area contributed by atoms with Gasteiger partial charge in [-0.2, -0.15) is 0 Å². The Balaban J connectivity index is 2.05. The summed E-state index contributed by atoms with van der Waals surface area (Å²) in [5.41, 5.74) is -0.477. The number of methoxy groups -OCH3 is 2. The van der Waals surface area contributed by atoms with Crippen molar-refractivity contribution in [2.75, 3.05) is 46.7 Å². The molecule has 0 radical (unpaired) electrons. The molecule has 0 unspecified atom stereocenters. The number of rotatable bonds is 8. The van der Waals surface area contributed by atoms with E-state index >= 15 is 0 Å². The largest absolute Gasteiger partial charge is 0.497 e. The molecule has 7 nitrogen and oxygen atoms in total. The first-order valence-electron chi connectivity index (χ1n) is 7.89. The van der Waals surface area contributed by atoms with Gasteiger partial charge in [0, 0.05) is 19.2 Å². The molecule has 132 valence electrons. The summed E-state index contributed by atoms with van der Waals surface area (Å²) in [6.07, 6.45) is 1.11. The van der Waals surface area contributed by atoms with Crippen LogP contribution in [-0.2, 0) is 9.59 Å². The predicted octanol–water partition coefficient (Wildman–Crippen LogP) is 1.10. The third-order valence-corrected chi connectivity index (χ3v) is 4.12. The first-order chi connectivity index (χ1) is 11.4. The van der Waals surface area contributed by atoms with Crippen LogP contribution >= 0.6 is 0 Å². The minimum absolute atomic E-state index is 0.219. The van der Waals surface area contributed by atoms with Crippen LogP contribution in [0.2, 0.25) is 0 Å². The fourth-order valence-corrected chi connectivity index (χ4v) is 2.40. The molecule has 0 aromatic heterocycles. The second kappa shape index (κ2) is 7.53. The van der Waals surface area contributed by atoms with Crippen LogP contribution in [0.25, 0.3) is 0 Å². The summed E-state index contributed by atoms with van der Waals surface area (Å²) in [6, 6.07) is 5.14. The SMILES string of the molecule is COc1ccc(OC)c(NC(=O)C2(C(=O)NCCN(C)C)CC2)c1. The van der Waals surface area contributed by atoms with E-state index in [-0.39, 0.29) is 11.8 Å². The summed E-state index contributed by atoms with van der Waals surface area (Å²) in [7, 11) is 6.94. The van der Waals surface area contributed by atoms with Crippen LogP contribution in [0.15, 0.2) is 18.2 Å². The van der Waals surface area contributed by atoms with E-state index in [2.05, 4.69) is 10.6 Å². The summed E-state index contributed by atoms with van der Waals surface area (Å²) < 4.78 is 10.4. The van der Waals surface area contributed by atoms with Crippen molar-refractivity contribution < 1.29 is 19.1 Å². The molecule has 1 aliphatic rings. The van der Waals surface area contributed by atoms with Crippen molar-refractivity contribution in [2.24, 2.45) is 5.41 Å². The third kappa shape index (κ3) is 3.97. The van der Waals surface area contributed by atoms with Crippen LogP contribution < -0.4 is 20.1 Å². The maximum atomic E-state index is 12.6. The Kier molecular flexibility index (Phi) is 5.66. The number of carbonyl (C=O) groups excluding carboxylic acids is 2. The Morgan fingerprint density at radius 3 is 2.42 bits per heavy atom. The molecular weight excluding hydrogens is 310 g/mol. The highest BCUT2D eigenvalue weighted by atomic mass is 16.5. The lowest BCUT2D eigenvalue weighted by Crippen LogP contribution is -2.42. The van der Waals surface area contributed by atoms with Gasteiger partial charge in [-0.3, -0.25) is 9.59 Å². The fraction of sp³-hybridized carbons (Fsp3) is 0.529. The van der Waals surface area contributed by atoms with E-state index in [4.69, 9.17) is 9.47 Å². The summed E-state index contributed by atoms with van der Waals surface area (Å²) in [5.74, 6) is 0.597. The number of likely N-dealkylation sites (N-methyl/N-ethyl adjacent to an activating group) is 1. The van der Waals surface area contributed by atoms with Gasteiger partial charge in [0.25, 0.3) is 0 Å². The van der Waals surface area contributed by atoms with Gasteiger partial charge in [-0.25, -0.2) is 0 Å². The highest BCUT2D eigenvalue weighted by Crippen LogP contribution is 2.47. The van der Waals surface area contributed by atoms with Crippen molar-refractivity contribution in [1.82, 2.24) is 10.2 Å². The normalized spacial score (nSPS) is 14.9. The zero-order chi connectivity index (χ0) is 17.7. The van der Waals surface area contributed by atoms with Gasteiger partial charge in [-0.05, 0) is 39.1 Å². The molecule has 0 atom stereocenters. The number of nitrogens with one attached hydrogen (secondary N) is 2. The first-order valence-corrected chi connectivity index (χ1v) is 7.89. The molecule has 1 fully saturated rings. The van der Waals surface area contributed by atoms with Crippen LogP contribution in [0.1, 0.15) is 12.8 Å². The van der Waals surface area contributed by atoms with Crippen molar-refractivity contribution in [1.29, 1.82) is 0 Å². The Bertz CT molecular complexity index is 612. The van der Waals surface area contributed by atoms with Crippen LogP contribution in [0.4, 0.5) is 5.69 Å². The average Bonchev–Trinajstić information content (AvgIpc) is 3.36. The van der Waals surface area contributed by atoms with E-state index in [9.17, 15) is 9.59 Å². The molecule has 0 saturated heterocycles. The van der Waals surface area contributed by atoms with E-state index in [1.54, 1.807) is 25.3 Å². The summed E-state index contributed by atoms with van der Waals surface area (Å²) >= 11 is 0. The van der Waals surface area contributed by atoms with Gasteiger partial charge in [-0.1, -0.05) is 0 Å². The average molecular weight is 335 g/mol. The molecule has 24 heavy (non-hydrogen) atoms. The van der Waals surface area contributed by atoms with Gasteiger partial charge in [0.2, 0.25) is 11.8 Å². The number of amides is 2. The quantitative estimate of drug-likeness (QED) is 0.696. The summed E-state index contributed by atoms with van der Waals surface area (Å²) in [6.45, 7) is 1.25. The second-order valence-electron chi connectivity index (χ2n) is 6.16. The van der Waals surface area contributed by atoms with Gasteiger partial charge in [0.05, 0.1) is 19.9 Å². The molecule has 1 aromatic rings. The van der Waals surface area contributed by atoms with Crippen molar-refractivity contribution in [2.45, 2.75) is 12.8 Å². The van der Waals surface area contributed by atoms with Gasteiger partial charge < -0.3 is 25.0 Å². The monoisotopic (exact) mass is 335 g/mol. The topological polar surface area (TPSA) is 79.9 Å². The Hall–Kier alpha value is -2.28. The lowest BCUT2D eigenvalue weighted by atomic mass is 10.0. The number of benzene rings is 1. The van der Waals surface area contributed by atoms with Gasteiger partial charge in [-0.15, -0.1) is 0 Å². The standard InChI is InChI=1S/C17H25N3O4/c1-20(2)10-9-18-15(21)17(7-8-17)16(22)19-13-11-12(23-3)5-6-14(13)24-4/h5-6,11H,7-10H2,1-4H3,(H,18,21)(H,19,22). The van der Waals surface area contributed by atoms with Crippen molar-refractivity contribution in [3.8, 4) is 11.5 Å². The highest BCUT2D eigenvalue weighted by molar-refractivity contribution is 6.13. The molecule has 0 bridgehead atoms. The number of nitrogens with zero attached hydrogens (tertiary/aromatic N) is 1. The van der Waals surface area contributed by atoms with E-state index in [0.717, 1.165) is 6.54 Å². The third-order valence-electron chi connectivity index (χ3n) is 4.12. The molecule has 7 heteroatoms.